The molecule has 0 saturated heterocycles. The predicted octanol–water partition coefficient (Wildman–Crippen LogP) is 4.89. The summed E-state index contributed by atoms with van der Waals surface area (Å²) >= 11 is 6.17. The second-order valence-electron chi connectivity index (χ2n) is 6.92. The number of methoxy groups -OCH3 is 1. The number of nitrogens with one attached hydrogen (secondary N) is 1. The van der Waals surface area contributed by atoms with Crippen molar-refractivity contribution in [3.63, 3.8) is 0 Å². The molecule has 0 unspecified atom stereocenters. The summed E-state index contributed by atoms with van der Waals surface area (Å²) in [4.78, 5) is 12.4. The lowest BCUT2D eigenvalue weighted by Crippen LogP contribution is -2.33. The highest BCUT2D eigenvalue weighted by molar-refractivity contribution is 6.31. The maximum atomic E-state index is 12.4. The van der Waals surface area contributed by atoms with Gasteiger partial charge in [0.25, 0.3) is 5.91 Å². The van der Waals surface area contributed by atoms with Crippen LogP contribution in [0.4, 0.5) is 0 Å². The lowest BCUT2D eigenvalue weighted by molar-refractivity contribution is -0.117. The largest absolute Gasteiger partial charge is 0.493 e. The van der Waals surface area contributed by atoms with Crippen molar-refractivity contribution < 1.29 is 14.3 Å². The molecule has 0 heterocycles. The van der Waals surface area contributed by atoms with E-state index in [0.717, 1.165) is 31.2 Å². The van der Waals surface area contributed by atoms with E-state index in [9.17, 15) is 10.1 Å². The Labute approximate surface area is 175 Å². The van der Waals surface area contributed by atoms with E-state index in [1.807, 2.05) is 30.3 Å². The van der Waals surface area contributed by atoms with E-state index in [1.54, 1.807) is 31.4 Å². The molecule has 0 aliphatic heterocycles. The van der Waals surface area contributed by atoms with Crippen LogP contribution in [0.15, 0.2) is 48.0 Å². The van der Waals surface area contributed by atoms with Crippen molar-refractivity contribution in [1.29, 1.82) is 5.26 Å². The first kappa shape index (κ1) is 20.8. The van der Waals surface area contributed by atoms with Gasteiger partial charge in [0.05, 0.1) is 7.11 Å². The van der Waals surface area contributed by atoms with Crippen LogP contribution in [0.25, 0.3) is 6.08 Å². The molecule has 1 saturated carbocycles. The Morgan fingerprint density at radius 3 is 2.69 bits per heavy atom. The topological polar surface area (TPSA) is 71.3 Å². The van der Waals surface area contributed by atoms with Crippen LogP contribution in [0.3, 0.4) is 0 Å². The lowest BCUT2D eigenvalue weighted by atomic mass is 10.1. The number of hydrogen-bond acceptors (Lipinski definition) is 4. The Morgan fingerprint density at radius 2 is 2.00 bits per heavy atom. The van der Waals surface area contributed by atoms with Gasteiger partial charge >= 0.3 is 0 Å². The lowest BCUT2D eigenvalue weighted by Gasteiger charge is -2.13. The van der Waals surface area contributed by atoms with E-state index < -0.39 is 0 Å². The molecule has 2 aromatic rings. The first-order valence-corrected chi connectivity index (χ1v) is 9.95. The number of carbonyl (C=O) groups excluding carboxylic acids is 1. The smallest absolute Gasteiger partial charge is 0.262 e. The molecule has 6 heteroatoms. The molecule has 5 nitrogen and oxygen atoms in total. The molecule has 3 rings (SSSR count). The number of halogens is 1. The number of carbonyl (C=O) groups is 1. The molecule has 150 valence electrons. The predicted molar refractivity (Wildman–Crippen MR) is 113 cm³/mol. The van der Waals surface area contributed by atoms with Crippen LogP contribution in [0, 0.1) is 11.3 Å². The number of nitriles is 1. The monoisotopic (exact) mass is 410 g/mol. The summed E-state index contributed by atoms with van der Waals surface area (Å²) in [7, 11) is 1.54. The minimum atomic E-state index is -0.336. The van der Waals surface area contributed by atoms with Crippen molar-refractivity contribution in [2.24, 2.45) is 0 Å². The van der Waals surface area contributed by atoms with E-state index >= 15 is 0 Å². The fraction of sp³-hybridized carbons (Fsp3) is 0.304. The third-order valence-electron chi connectivity index (χ3n) is 4.90. The molecule has 0 atom stereocenters. The Morgan fingerprint density at radius 1 is 1.24 bits per heavy atom. The summed E-state index contributed by atoms with van der Waals surface area (Å²) in [5.74, 6) is 0.732. The molecule has 1 N–H and O–H groups in total. The fourth-order valence-corrected chi connectivity index (χ4v) is 3.50. The molecule has 2 aromatic carbocycles. The van der Waals surface area contributed by atoms with Gasteiger partial charge < -0.3 is 14.8 Å². The van der Waals surface area contributed by atoms with Gasteiger partial charge in [0.15, 0.2) is 11.5 Å². The number of rotatable bonds is 7. The van der Waals surface area contributed by atoms with E-state index in [4.69, 9.17) is 21.1 Å². The number of benzene rings is 2. The van der Waals surface area contributed by atoms with Gasteiger partial charge in [-0.15, -0.1) is 0 Å². The highest BCUT2D eigenvalue weighted by Crippen LogP contribution is 2.30. The van der Waals surface area contributed by atoms with Crippen LogP contribution < -0.4 is 14.8 Å². The molecule has 29 heavy (non-hydrogen) atoms. The molecule has 0 aromatic heterocycles. The van der Waals surface area contributed by atoms with Crippen LogP contribution >= 0.6 is 11.6 Å². The highest BCUT2D eigenvalue weighted by Gasteiger charge is 2.19. The van der Waals surface area contributed by atoms with Gasteiger partial charge in [-0.3, -0.25) is 4.79 Å². The molecule has 1 aliphatic rings. The Bertz CT molecular complexity index is 943. The third-order valence-corrected chi connectivity index (χ3v) is 5.26. The number of amides is 1. The summed E-state index contributed by atoms with van der Waals surface area (Å²) in [6, 6.07) is 14.9. The minimum Gasteiger partial charge on any atom is -0.493 e. The SMILES string of the molecule is COc1cc(/C=C(/C#N)C(=O)NC2CCCC2)ccc1OCc1ccccc1Cl. The van der Waals surface area contributed by atoms with Gasteiger partial charge in [-0.1, -0.05) is 48.7 Å². The minimum absolute atomic E-state index is 0.0729. The molecular weight excluding hydrogens is 388 g/mol. The maximum Gasteiger partial charge on any atom is 0.262 e. The van der Waals surface area contributed by atoms with Gasteiger partial charge in [-0.05, 0) is 42.7 Å². The average Bonchev–Trinajstić information content (AvgIpc) is 3.24. The van der Waals surface area contributed by atoms with Crippen molar-refractivity contribution >= 4 is 23.6 Å². The molecule has 1 fully saturated rings. The fourth-order valence-electron chi connectivity index (χ4n) is 3.31. The molecule has 0 bridgehead atoms. The molecule has 0 spiro atoms. The second kappa shape index (κ2) is 9.99. The number of ether oxygens (including phenoxy) is 2. The maximum absolute atomic E-state index is 12.4. The summed E-state index contributed by atoms with van der Waals surface area (Å²) in [6.07, 6.45) is 5.73. The van der Waals surface area contributed by atoms with E-state index in [0.29, 0.717) is 28.7 Å². The molecule has 0 radical (unpaired) electrons. The Kier molecular flexibility index (Phi) is 7.15. The zero-order chi connectivity index (χ0) is 20.6. The summed E-state index contributed by atoms with van der Waals surface area (Å²) in [5.41, 5.74) is 1.63. The average molecular weight is 411 g/mol. The standard InChI is InChI=1S/C23H23ClN2O3/c1-28-22-13-16(12-18(14-25)23(27)26-19-7-3-4-8-19)10-11-21(22)29-15-17-6-2-5-9-20(17)24/h2,5-6,9-13,19H,3-4,7-8,15H2,1H3,(H,26,27)/b18-12-. The van der Waals surface area contributed by atoms with Crippen molar-refractivity contribution in [3.05, 3.63) is 64.2 Å². The van der Waals surface area contributed by atoms with Crippen molar-refractivity contribution in [2.75, 3.05) is 7.11 Å². The second-order valence-corrected chi connectivity index (χ2v) is 7.32. The van der Waals surface area contributed by atoms with Crippen LogP contribution in [0.5, 0.6) is 11.5 Å². The van der Waals surface area contributed by atoms with Crippen LogP contribution in [0.1, 0.15) is 36.8 Å². The van der Waals surface area contributed by atoms with Crippen LogP contribution in [-0.4, -0.2) is 19.1 Å². The van der Waals surface area contributed by atoms with Crippen molar-refractivity contribution in [1.82, 2.24) is 5.32 Å². The van der Waals surface area contributed by atoms with Crippen molar-refractivity contribution in [3.8, 4) is 17.6 Å². The molecule has 1 aliphatic carbocycles. The first-order valence-electron chi connectivity index (χ1n) is 9.57. The highest BCUT2D eigenvalue weighted by atomic mass is 35.5. The van der Waals surface area contributed by atoms with Crippen LogP contribution in [-0.2, 0) is 11.4 Å². The summed E-state index contributed by atoms with van der Waals surface area (Å²) < 4.78 is 11.3. The van der Waals surface area contributed by atoms with Gasteiger partial charge in [0.1, 0.15) is 18.2 Å². The number of hydrogen-bond donors (Lipinski definition) is 1. The number of nitrogens with zero attached hydrogens (tertiary/aromatic N) is 1. The van der Waals surface area contributed by atoms with Crippen LogP contribution in [0.2, 0.25) is 5.02 Å². The zero-order valence-electron chi connectivity index (χ0n) is 16.3. The van der Waals surface area contributed by atoms with Gasteiger partial charge in [0.2, 0.25) is 0 Å². The quantitative estimate of drug-likeness (QED) is 0.521. The van der Waals surface area contributed by atoms with Gasteiger partial charge in [-0.2, -0.15) is 5.26 Å². The normalized spacial score (nSPS) is 14.3. The Balaban J connectivity index is 1.72. The van der Waals surface area contributed by atoms with E-state index in [1.165, 1.54) is 0 Å². The summed E-state index contributed by atoms with van der Waals surface area (Å²) in [5, 5.41) is 13.0. The third kappa shape index (κ3) is 5.52. The van der Waals surface area contributed by atoms with Crippen molar-refractivity contribution in [2.45, 2.75) is 38.3 Å². The molecular formula is C23H23ClN2O3. The summed E-state index contributed by atoms with van der Waals surface area (Å²) in [6.45, 7) is 0.304. The van der Waals surface area contributed by atoms with Gasteiger partial charge in [-0.25, -0.2) is 0 Å². The van der Waals surface area contributed by atoms with E-state index in [2.05, 4.69) is 5.32 Å². The zero-order valence-corrected chi connectivity index (χ0v) is 17.0. The van der Waals surface area contributed by atoms with E-state index in [-0.39, 0.29) is 17.5 Å². The first-order chi connectivity index (χ1) is 14.1. The molecule has 1 amide bonds. The Hall–Kier alpha value is -2.97. The van der Waals surface area contributed by atoms with Gasteiger partial charge in [0, 0.05) is 16.6 Å².